The van der Waals surface area contributed by atoms with E-state index in [0.717, 1.165) is 19.3 Å². The van der Waals surface area contributed by atoms with Crippen LogP contribution in [0.1, 0.15) is 25.7 Å². The van der Waals surface area contributed by atoms with Crippen molar-refractivity contribution >= 4 is 12.4 Å². The summed E-state index contributed by atoms with van der Waals surface area (Å²) in [7, 11) is 0. The van der Waals surface area contributed by atoms with Crippen LogP contribution in [0.15, 0.2) is 0 Å². The molecule has 1 spiro atoms. The number of aliphatic hydroxyl groups is 2. The number of hydrogen-bond acceptors (Lipinski definition) is 3. The summed E-state index contributed by atoms with van der Waals surface area (Å²) in [4.78, 5) is 0. The molecule has 3 nitrogen and oxygen atoms in total. The van der Waals surface area contributed by atoms with Gasteiger partial charge in [0.15, 0.2) is 0 Å². The summed E-state index contributed by atoms with van der Waals surface area (Å²) in [5, 5.41) is 21.9. The van der Waals surface area contributed by atoms with Gasteiger partial charge in [0.05, 0.1) is 12.2 Å². The standard InChI is InChI=1S/C8H15NO2.ClH/c10-6-4-8(2-1-3-8)9-5-7(6)11;/h6-7,9-11H,1-5H2;1H/t6-,7+;/m0./s1. The molecule has 2 aliphatic rings. The second-order valence-electron chi connectivity index (χ2n) is 3.85. The number of nitrogens with one attached hydrogen (secondary N) is 1. The molecule has 2 rings (SSSR count). The molecule has 0 aromatic rings. The SMILES string of the molecule is Cl.O[C@@H]1CNC2(CCC2)C[C@@H]1O. The van der Waals surface area contributed by atoms with E-state index in [1.165, 1.54) is 6.42 Å². The molecular formula is C8H16ClNO2. The second kappa shape index (κ2) is 3.50. The number of rotatable bonds is 0. The van der Waals surface area contributed by atoms with Gasteiger partial charge >= 0.3 is 0 Å². The van der Waals surface area contributed by atoms with Gasteiger partial charge in [-0.1, -0.05) is 0 Å². The lowest BCUT2D eigenvalue weighted by Gasteiger charge is -2.48. The molecule has 12 heavy (non-hydrogen) atoms. The maximum Gasteiger partial charge on any atom is 0.0923 e. The Labute approximate surface area is 78.6 Å². The van der Waals surface area contributed by atoms with Gasteiger partial charge in [0.1, 0.15) is 0 Å². The van der Waals surface area contributed by atoms with E-state index >= 15 is 0 Å². The van der Waals surface area contributed by atoms with E-state index in [9.17, 15) is 10.2 Å². The Kier molecular flexibility index (Phi) is 2.99. The Morgan fingerprint density at radius 3 is 2.25 bits per heavy atom. The number of β-amino-alcohol motifs (C(OH)–C–C–N with tert-alkyl or cyclic N) is 1. The minimum absolute atomic E-state index is 0. The molecule has 1 saturated heterocycles. The van der Waals surface area contributed by atoms with E-state index in [1.807, 2.05) is 0 Å². The largest absolute Gasteiger partial charge is 0.390 e. The van der Waals surface area contributed by atoms with Gasteiger partial charge in [-0.25, -0.2) is 0 Å². The van der Waals surface area contributed by atoms with Gasteiger partial charge < -0.3 is 15.5 Å². The smallest absolute Gasteiger partial charge is 0.0923 e. The lowest BCUT2D eigenvalue weighted by atomic mass is 9.70. The van der Waals surface area contributed by atoms with Crippen LogP contribution in [0.25, 0.3) is 0 Å². The van der Waals surface area contributed by atoms with Crippen LogP contribution in [0, 0.1) is 0 Å². The van der Waals surface area contributed by atoms with Crippen molar-refractivity contribution in [1.82, 2.24) is 5.32 Å². The predicted molar refractivity (Wildman–Crippen MR) is 48.5 cm³/mol. The van der Waals surface area contributed by atoms with Gasteiger partial charge in [-0.3, -0.25) is 0 Å². The van der Waals surface area contributed by atoms with Gasteiger partial charge in [-0.05, 0) is 25.7 Å². The Balaban J connectivity index is 0.000000720. The van der Waals surface area contributed by atoms with E-state index in [0.29, 0.717) is 6.54 Å². The van der Waals surface area contributed by atoms with Gasteiger partial charge in [-0.2, -0.15) is 0 Å². The average Bonchev–Trinajstić information content (AvgIpc) is 1.92. The molecule has 1 saturated carbocycles. The van der Waals surface area contributed by atoms with E-state index in [2.05, 4.69) is 5.32 Å². The minimum Gasteiger partial charge on any atom is -0.390 e. The van der Waals surface area contributed by atoms with Crippen molar-refractivity contribution in [1.29, 1.82) is 0 Å². The van der Waals surface area contributed by atoms with Crippen LogP contribution >= 0.6 is 12.4 Å². The zero-order valence-corrected chi connectivity index (χ0v) is 7.81. The third kappa shape index (κ3) is 1.59. The van der Waals surface area contributed by atoms with E-state index < -0.39 is 12.2 Å². The van der Waals surface area contributed by atoms with Crippen LogP contribution in [-0.4, -0.2) is 34.5 Å². The Hall–Kier alpha value is 0.170. The van der Waals surface area contributed by atoms with Crippen LogP contribution in [0.4, 0.5) is 0 Å². The molecule has 72 valence electrons. The summed E-state index contributed by atoms with van der Waals surface area (Å²) < 4.78 is 0. The van der Waals surface area contributed by atoms with Gasteiger partial charge in [-0.15, -0.1) is 12.4 Å². The van der Waals surface area contributed by atoms with Gasteiger partial charge in [0.2, 0.25) is 0 Å². The van der Waals surface area contributed by atoms with Crippen LogP contribution < -0.4 is 5.32 Å². The first kappa shape index (κ1) is 10.3. The number of piperidine rings is 1. The Morgan fingerprint density at radius 1 is 1.17 bits per heavy atom. The van der Waals surface area contributed by atoms with Crippen molar-refractivity contribution < 1.29 is 10.2 Å². The first-order valence-electron chi connectivity index (χ1n) is 4.33. The number of halogens is 1. The van der Waals surface area contributed by atoms with Gasteiger partial charge in [0, 0.05) is 12.1 Å². The first-order chi connectivity index (χ1) is 5.22. The van der Waals surface area contributed by atoms with Crippen molar-refractivity contribution in [2.24, 2.45) is 0 Å². The van der Waals surface area contributed by atoms with Crippen molar-refractivity contribution in [2.45, 2.75) is 43.4 Å². The summed E-state index contributed by atoms with van der Waals surface area (Å²) in [5.74, 6) is 0. The molecule has 0 amide bonds. The molecule has 2 atom stereocenters. The zero-order chi connectivity index (χ0) is 7.90. The highest BCUT2D eigenvalue weighted by atomic mass is 35.5. The van der Waals surface area contributed by atoms with Crippen LogP contribution in [0.2, 0.25) is 0 Å². The molecular weight excluding hydrogens is 178 g/mol. The van der Waals surface area contributed by atoms with Crippen molar-refractivity contribution in [3.63, 3.8) is 0 Å². The molecule has 0 aromatic heterocycles. The highest BCUT2D eigenvalue weighted by molar-refractivity contribution is 5.85. The topological polar surface area (TPSA) is 52.5 Å². The molecule has 1 heterocycles. The number of aliphatic hydroxyl groups excluding tert-OH is 2. The quantitative estimate of drug-likeness (QED) is 0.510. The maximum absolute atomic E-state index is 9.39. The molecule has 4 heteroatoms. The van der Waals surface area contributed by atoms with E-state index in [4.69, 9.17) is 0 Å². The van der Waals surface area contributed by atoms with Crippen molar-refractivity contribution in [2.75, 3.05) is 6.54 Å². The molecule has 1 aliphatic heterocycles. The fraction of sp³-hybridized carbons (Fsp3) is 1.00. The summed E-state index contributed by atoms with van der Waals surface area (Å²) in [5.41, 5.74) is 0.193. The van der Waals surface area contributed by atoms with Crippen LogP contribution in [0.3, 0.4) is 0 Å². The second-order valence-corrected chi connectivity index (χ2v) is 3.85. The summed E-state index contributed by atoms with van der Waals surface area (Å²) in [6, 6.07) is 0. The highest BCUT2D eigenvalue weighted by Crippen LogP contribution is 2.38. The molecule has 2 fully saturated rings. The normalized spacial score (nSPS) is 38.5. The lowest BCUT2D eigenvalue weighted by molar-refractivity contribution is -0.0514. The Bertz CT molecular complexity index is 161. The van der Waals surface area contributed by atoms with Crippen LogP contribution in [0.5, 0.6) is 0 Å². The Morgan fingerprint density at radius 2 is 1.83 bits per heavy atom. The average molecular weight is 194 g/mol. The molecule has 0 aromatic carbocycles. The lowest BCUT2D eigenvalue weighted by Crippen LogP contribution is -2.61. The monoisotopic (exact) mass is 193 g/mol. The molecule has 1 aliphatic carbocycles. The van der Waals surface area contributed by atoms with Crippen LogP contribution in [-0.2, 0) is 0 Å². The van der Waals surface area contributed by atoms with E-state index in [-0.39, 0.29) is 17.9 Å². The van der Waals surface area contributed by atoms with E-state index in [1.54, 1.807) is 0 Å². The fourth-order valence-electron chi connectivity index (χ4n) is 2.05. The third-order valence-corrected chi connectivity index (χ3v) is 3.04. The first-order valence-corrected chi connectivity index (χ1v) is 4.33. The molecule has 3 N–H and O–H groups in total. The van der Waals surface area contributed by atoms with Crippen molar-refractivity contribution in [3.05, 3.63) is 0 Å². The van der Waals surface area contributed by atoms with Crippen molar-refractivity contribution in [3.8, 4) is 0 Å². The molecule has 0 radical (unpaired) electrons. The fourth-order valence-corrected chi connectivity index (χ4v) is 2.05. The number of hydrogen-bond donors (Lipinski definition) is 3. The molecule has 0 unspecified atom stereocenters. The minimum atomic E-state index is -0.554. The maximum atomic E-state index is 9.39. The molecule has 0 bridgehead atoms. The third-order valence-electron chi connectivity index (χ3n) is 3.04. The summed E-state index contributed by atoms with van der Waals surface area (Å²) in [6.45, 7) is 0.557. The predicted octanol–water partition coefficient (Wildman–Crippen LogP) is 0.0460. The zero-order valence-electron chi connectivity index (χ0n) is 6.99. The summed E-state index contributed by atoms with van der Waals surface area (Å²) >= 11 is 0. The summed E-state index contributed by atoms with van der Waals surface area (Å²) in [6.07, 6.45) is 3.26. The highest BCUT2D eigenvalue weighted by Gasteiger charge is 2.43. The van der Waals surface area contributed by atoms with Gasteiger partial charge in [0.25, 0.3) is 0 Å².